The van der Waals surface area contributed by atoms with Crippen molar-refractivity contribution in [3.8, 4) is 0 Å². The molecule has 0 spiro atoms. The molecule has 7 aromatic carbocycles. The summed E-state index contributed by atoms with van der Waals surface area (Å²) in [7, 11) is 0. The number of allylic oxidation sites excluding steroid dienone is 2. The van der Waals surface area contributed by atoms with E-state index in [0.29, 0.717) is 5.41 Å². The number of hydrogen-bond acceptors (Lipinski definition) is 2. The number of unbranched alkanes of at least 4 members (excludes halogenated alkanes) is 1. The summed E-state index contributed by atoms with van der Waals surface area (Å²) in [5, 5.41) is 3.67. The molecule has 1 aromatic heterocycles. The van der Waals surface area contributed by atoms with Crippen molar-refractivity contribution >= 4 is 11.3 Å². The van der Waals surface area contributed by atoms with E-state index in [9.17, 15) is 0 Å². The summed E-state index contributed by atoms with van der Waals surface area (Å²) in [5.74, 6) is 0.991. The Kier molecular flexibility index (Phi) is 20.7. The molecule has 1 aliphatic carbocycles. The van der Waals surface area contributed by atoms with E-state index in [-0.39, 0.29) is 29.7 Å². The monoisotopic (exact) mass is 1070 g/mol. The number of aromatic nitrogens is 1. The predicted octanol–water partition coefficient (Wildman–Crippen LogP) is 19.3. The number of aryl methyl sites for hydroxylation is 3. The summed E-state index contributed by atoms with van der Waals surface area (Å²) in [5.41, 5.74) is 23.8. The van der Waals surface area contributed by atoms with E-state index in [2.05, 4.69) is 277 Å². The van der Waals surface area contributed by atoms with E-state index < -0.39 is 10.8 Å². The van der Waals surface area contributed by atoms with Crippen molar-refractivity contribution in [2.75, 3.05) is 0 Å². The molecule has 6 heteroatoms. The molecule has 1 fully saturated rings. The van der Waals surface area contributed by atoms with Crippen LogP contribution in [0.15, 0.2) is 234 Å². The van der Waals surface area contributed by atoms with Crippen LogP contribution in [0.1, 0.15) is 147 Å². The minimum Gasteiger partial charge on any atom is -0.659 e. The number of rotatable bonds is 14. The average Bonchev–Trinajstić information content (AvgIpc) is 4.33. The maximum Gasteiger partial charge on any atom is 2.00 e. The first kappa shape index (κ1) is 60.0. The van der Waals surface area contributed by atoms with E-state index >= 15 is 0 Å². The fraction of sp³-hybridized carbons (Fsp3) is 0.278. The Morgan fingerprint density at radius 2 is 1.04 bits per heavy atom. The van der Waals surface area contributed by atoms with E-state index in [4.69, 9.17) is 15.5 Å². The van der Waals surface area contributed by atoms with E-state index in [1.807, 2.05) is 13.8 Å². The third-order valence-corrected chi connectivity index (χ3v) is 15.4. The van der Waals surface area contributed by atoms with Crippen LogP contribution >= 0.6 is 0 Å². The van der Waals surface area contributed by atoms with Gasteiger partial charge in [-0.3, -0.25) is 4.99 Å². The summed E-state index contributed by atoms with van der Waals surface area (Å²) >= 11 is 0. The van der Waals surface area contributed by atoms with Crippen molar-refractivity contribution in [2.24, 2.45) is 21.4 Å². The number of aliphatic imine (C=N–C) groups is 1. The normalized spacial score (nSPS) is 15.2. The standard InChI is InChI=1S/C56H45N2.C8H16.C7H15N3.CH3.Co/c1-40-38-41(2)53(42(3)39-40)54(49-34-36-51(57-49)55(43-22-10-4-11-23-43,44-24-12-5-13-25-44)45-26-14-6-15-27-45)50-35-37-52(58-50)56(46-28-16-7-17-29-46,47-30-18-8-19-31-47)48-32-20-9-21-33-48;1-7-4-5-8(2,3)6-7;1-4-5-6-7(2,3)9-10-8;;/h4-39H,1-3H3;7H,4-6H2,1-3H3;4-6H2,1-3H3;1H3;/q-1;;;-1;+2. The van der Waals surface area contributed by atoms with Gasteiger partial charge in [0.2, 0.25) is 0 Å². The van der Waals surface area contributed by atoms with Crippen LogP contribution in [0.5, 0.6) is 0 Å². The van der Waals surface area contributed by atoms with Gasteiger partial charge in [0.15, 0.2) is 0 Å². The quantitative estimate of drug-likeness (QED) is 0.0351. The van der Waals surface area contributed by atoms with Crippen LogP contribution in [-0.4, -0.2) is 11.3 Å². The Bertz CT molecular complexity index is 3080. The first-order chi connectivity index (χ1) is 36.7. The van der Waals surface area contributed by atoms with Gasteiger partial charge < -0.3 is 12.4 Å². The number of hydrogen-bond donors (Lipinski definition) is 0. The third-order valence-electron chi connectivity index (χ3n) is 15.4. The van der Waals surface area contributed by atoms with E-state index in [1.54, 1.807) is 0 Å². The number of azide groups is 1. The minimum absolute atomic E-state index is 0. The van der Waals surface area contributed by atoms with Gasteiger partial charge in [-0.25, -0.2) is 0 Å². The molecular formula is C72H79CoN5. The molecule has 78 heavy (non-hydrogen) atoms. The summed E-state index contributed by atoms with van der Waals surface area (Å²) in [4.78, 5) is 14.3. The minimum atomic E-state index is -0.668. The van der Waals surface area contributed by atoms with Crippen molar-refractivity contribution in [1.29, 1.82) is 0 Å². The summed E-state index contributed by atoms with van der Waals surface area (Å²) in [6, 6.07) is 73.8. The summed E-state index contributed by atoms with van der Waals surface area (Å²) < 4.78 is 0. The first-order valence-electron chi connectivity index (χ1n) is 27.4. The Morgan fingerprint density at radius 1 is 0.628 bits per heavy atom. The molecule has 1 saturated carbocycles. The molecule has 2 aliphatic rings. The molecule has 1 atom stereocenters. The van der Waals surface area contributed by atoms with Gasteiger partial charge in [0, 0.05) is 10.5 Å². The SMILES string of the molecule is CC1CCC(C)(C)C1.CCCCC(C)(C)N=[N+]=[N-].Cc1cc(C)c(C(=C2C=CC(C(c3ccccc3)(c3ccccc3)c3ccccc3)=N2)c2ccc(C(c3ccccc3)(c3ccccc3)c3ccccc3)[n-]2)c(C)c1.[CH3-].[Co+2]. The molecule has 2 heterocycles. The molecule has 0 amide bonds. The van der Waals surface area contributed by atoms with Crippen LogP contribution in [0, 0.1) is 39.5 Å². The smallest absolute Gasteiger partial charge is 0.659 e. The van der Waals surface area contributed by atoms with Crippen LogP contribution in [-0.2, 0) is 27.6 Å². The van der Waals surface area contributed by atoms with Gasteiger partial charge >= 0.3 is 16.8 Å². The van der Waals surface area contributed by atoms with Crippen molar-refractivity contribution in [3.63, 3.8) is 0 Å². The van der Waals surface area contributed by atoms with Gasteiger partial charge in [-0.05, 0) is 125 Å². The maximum absolute atomic E-state index is 8.16. The molecule has 0 N–H and O–H groups in total. The zero-order chi connectivity index (χ0) is 53.8. The number of nitrogens with zero attached hydrogens (tertiary/aromatic N) is 5. The molecule has 1 unspecified atom stereocenters. The van der Waals surface area contributed by atoms with Crippen molar-refractivity contribution in [2.45, 2.75) is 117 Å². The summed E-state index contributed by atoms with van der Waals surface area (Å²) in [6.07, 6.45) is 12.0. The molecule has 1 aliphatic heterocycles. The van der Waals surface area contributed by atoms with Crippen LogP contribution in [0.25, 0.3) is 16.0 Å². The average molecular weight is 1070 g/mol. The van der Waals surface area contributed by atoms with E-state index in [1.165, 1.54) is 36.0 Å². The number of benzene rings is 7. The Balaban J connectivity index is 0.000000421. The second-order valence-electron chi connectivity index (χ2n) is 22.4. The van der Waals surface area contributed by atoms with Gasteiger partial charge in [0.05, 0.1) is 22.2 Å². The molecule has 8 aromatic rings. The zero-order valence-electron chi connectivity index (χ0n) is 47.7. The fourth-order valence-electron chi connectivity index (χ4n) is 12.0. The Morgan fingerprint density at radius 3 is 1.38 bits per heavy atom. The maximum atomic E-state index is 8.16. The Labute approximate surface area is 478 Å². The largest absolute Gasteiger partial charge is 2.00 e. The van der Waals surface area contributed by atoms with Crippen LogP contribution < -0.4 is 4.98 Å². The molecule has 0 bridgehead atoms. The first-order valence-corrected chi connectivity index (χ1v) is 27.4. The van der Waals surface area contributed by atoms with Crippen molar-refractivity contribution < 1.29 is 16.8 Å². The van der Waals surface area contributed by atoms with Crippen molar-refractivity contribution in [1.82, 2.24) is 4.98 Å². The second-order valence-corrected chi connectivity index (χ2v) is 22.4. The molecular weight excluding hydrogens is 994 g/mol. The van der Waals surface area contributed by atoms with Crippen LogP contribution in [0.4, 0.5) is 0 Å². The predicted molar refractivity (Wildman–Crippen MR) is 326 cm³/mol. The topological polar surface area (TPSA) is 75.2 Å². The molecule has 1 radical (unpaired) electrons. The van der Waals surface area contributed by atoms with Gasteiger partial charge in [-0.1, -0.05) is 278 Å². The van der Waals surface area contributed by atoms with Gasteiger partial charge in [-0.15, -0.1) is 11.4 Å². The van der Waals surface area contributed by atoms with Gasteiger partial charge in [0.1, 0.15) is 0 Å². The van der Waals surface area contributed by atoms with Crippen molar-refractivity contribution in [3.05, 3.63) is 309 Å². The molecule has 0 saturated heterocycles. The third kappa shape index (κ3) is 13.2. The Hall–Kier alpha value is -7.21. The second kappa shape index (κ2) is 26.9. The zero-order valence-corrected chi connectivity index (χ0v) is 48.7. The fourth-order valence-corrected chi connectivity index (χ4v) is 12.0. The van der Waals surface area contributed by atoms with Gasteiger partial charge in [0.25, 0.3) is 0 Å². The molecule has 10 rings (SSSR count). The van der Waals surface area contributed by atoms with E-state index in [0.717, 1.165) is 92.5 Å². The molecule has 401 valence electrons. The van der Waals surface area contributed by atoms with Crippen LogP contribution in [0.3, 0.4) is 0 Å². The molecule has 5 nitrogen and oxygen atoms in total. The summed E-state index contributed by atoms with van der Waals surface area (Å²) in [6.45, 7) is 19.8. The van der Waals surface area contributed by atoms with Gasteiger partial charge in [-0.2, -0.15) is 0 Å². The van der Waals surface area contributed by atoms with Crippen LogP contribution in [0.2, 0.25) is 0 Å².